The number of para-hydroxylation sites is 1. The van der Waals surface area contributed by atoms with E-state index in [-0.39, 0.29) is 17.9 Å². The highest BCUT2D eigenvalue weighted by Gasteiger charge is 2.16. The van der Waals surface area contributed by atoms with Crippen molar-refractivity contribution in [3.8, 4) is 5.75 Å². The Morgan fingerprint density at radius 2 is 1.47 bits per heavy atom. The van der Waals surface area contributed by atoms with E-state index >= 15 is 0 Å². The fourth-order valence-electron chi connectivity index (χ4n) is 2.95. The van der Waals surface area contributed by atoms with E-state index in [0.717, 1.165) is 16.9 Å². The van der Waals surface area contributed by atoms with Crippen molar-refractivity contribution in [3.63, 3.8) is 0 Å². The second-order valence-corrected chi connectivity index (χ2v) is 6.96. The van der Waals surface area contributed by atoms with Crippen molar-refractivity contribution in [3.05, 3.63) is 95.6 Å². The third kappa shape index (κ3) is 6.70. The van der Waals surface area contributed by atoms with E-state index < -0.39 is 18.5 Å². The van der Waals surface area contributed by atoms with Crippen LogP contribution in [0.15, 0.2) is 78.9 Å². The lowest BCUT2D eigenvalue weighted by atomic mass is 10.1. The average Bonchev–Trinajstić information content (AvgIpc) is 2.82. The Hall–Kier alpha value is -4.13. The summed E-state index contributed by atoms with van der Waals surface area (Å²) in [5.74, 6) is -0.655. The molecule has 0 bridgehead atoms. The number of ether oxygens (including phenoxy) is 2. The Morgan fingerprint density at radius 1 is 0.781 bits per heavy atom. The third-order valence-corrected chi connectivity index (χ3v) is 4.61. The van der Waals surface area contributed by atoms with Crippen LogP contribution in [0.1, 0.15) is 21.5 Å². The van der Waals surface area contributed by atoms with Gasteiger partial charge in [-0.25, -0.2) is 4.79 Å². The van der Waals surface area contributed by atoms with Crippen LogP contribution >= 0.6 is 0 Å². The standard InChI is InChI=1S/C25H24N2O5/c1-31-20-13-11-19(12-14-20)16-26-24(29)17-32-25(30)21-9-5-6-10-22(21)27-23(28)15-18-7-3-2-4-8-18/h2-14H,15-17H2,1H3,(H,26,29)(H,27,28). The summed E-state index contributed by atoms with van der Waals surface area (Å²) in [4.78, 5) is 36.9. The Kier molecular flexibility index (Phi) is 7.97. The molecule has 0 heterocycles. The molecular weight excluding hydrogens is 408 g/mol. The number of carbonyl (C=O) groups is 3. The largest absolute Gasteiger partial charge is 0.497 e. The van der Waals surface area contributed by atoms with Gasteiger partial charge in [0.05, 0.1) is 24.8 Å². The number of hydrogen-bond acceptors (Lipinski definition) is 5. The Morgan fingerprint density at radius 3 is 2.19 bits per heavy atom. The van der Waals surface area contributed by atoms with Crippen molar-refractivity contribution >= 4 is 23.5 Å². The maximum absolute atomic E-state index is 12.5. The predicted molar refractivity (Wildman–Crippen MR) is 120 cm³/mol. The van der Waals surface area contributed by atoms with Crippen molar-refractivity contribution < 1.29 is 23.9 Å². The van der Waals surface area contributed by atoms with E-state index in [1.165, 1.54) is 6.07 Å². The van der Waals surface area contributed by atoms with Gasteiger partial charge >= 0.3 is 5.97 Å². The molecule has 3 rings (SSSR count). The lowest BCUT2D eigenvalue weighted by Gasteiger charge is -2.11. The molecule has 7 nitrogen and oxygen atoms in total. The minimum absolute atomic E-state index is 0.178. The highest BCUT2D eigenvalue weighted by Crippen LogP contribution is 2.17. The predicted octanol–water partition coefficient (Wildman–Crippen LogP) is 3.35. The van der Waals surface area contributed by atoms with E-state index in [1.54, 1.807) is 37.4 Å². The normalized spacial score (nSPS) is 10.2. The van der Waals surface area contributed by atoms with E-state index in [9.17, 15) is 14.4 Å². The molecule has 0 unspecified atom stereocenters. The van der Waals surface area contributed by atoms with E-state index in [1.807, 2.05) is 42.5 Å². The molecule has 3 aromatic carbocycles. The summed E-state index contributed by atoms with van der Waals surface area (Å²) in [5.41, 5.74) is 2.25. The van der Waals surface area contributed by atoms with Crippen molar-refractivity contribution in [1.82, 2.24) is 5.32 Å². The molecule has 7 heteroatoms. The molecule has 2 amide bonds. The molecule has 0 saturated carbocycles. The van der Waals surface area contributed by atoms with Crippen LogP contribution in [0.3, 0.4) is 0 Å². The first-order valence-electron chi connectivity index (χ1n) is 10.0. The summed E-state index contributed by atoms with van der Waals surface area (Å²) in [7, 11) is 1.58. The minimum atomic E-state index is -0.694. The zero-order valence-electron chi connectivity index (χ0n) is 17.7. The van der Waals surface area contributed by atoms with Crippen LogP contribution in [0.5, 0.6) is 5.75 Å². The van der Waals surface area contributed by atoms with Crippen molar-refractivity contribution in [2.75, 3.05) is 19.0 Å². The number of amides is 2. The van der Waals surface area contributed by atoms with E-state index in [0.29, 0.717) is 12.2 Å². The highest BCUT2D eigenvalue weighted by atomic mass is 16.5. The van der Waals surface area contributed by atoms with Gasteiger partial charge in [-0.2, -0.15) is 0 Å². The number of benzene rings is 3. The summed E-state index contributed by atoms with van der Waals surface area (Å²) in [5, 5.41) is 5.42. The van der Waals surface area contributed by atoms with Gasteiger partial charge in [0.2, 0.25) is 5.91 Å². The molecule has 0 radical (unpaired) electrons. The molecule has 0 aliphatic rings. The molecule has 0 saturated heterocycles. The summed E-state index contributed by atoms with van der Waals surface area (Å²) >= 11 is 0. The lowest BCUT2D eigenvalue weighted by Crippen LogP contribution is -2.28. The van der Waals surface area contributed by atoms with Crippen LogP contribution in [0.25, 0.3) is 0 Å². The maximum Gasteiger partial charge on any atom is 0.340 e. The molecular formula is C25H24N2O5. The second-order valence-electron chi connectivity index (χ2n) is 6.96. The molecule has 0 aliphatic heterocycles. The zero-order valence-corrected chi connectivity index (χ0v) is 17.7. The summed E-state index contributed by atoms with van der Waals surface area (Å²) in [6, 6.07) is 23.1. The van der Waals surface area contributed by atoms with E-state index in [2.05, 4.69) is 10.6 Å². The second kappa shape index (κ2) is 11.3. The number of hydrogen-bond donors (Lipinski definition) is 2. The van der Waals surface area contributed by atoms with Crippen molar-refractivity contribution in [2.45, 2.75) is 13.0 Å². The molecule has 0 spiro atoms. The van der Waals surface area contributed by atoms with Crippen molar-refractivity contribution in [1.29, 1.82) is 0 Å². The summed E-state index contributed by atoms with van der Waals surface area (Å²) in [6.07, 6.45) is 0.179. The molecule has 0 aromatic heterocycles. The topological polar surface area (TPSA) is 93.7 Å². The smallest absolute Gasteiger partial charge is 0.340 e. The first-order chi connectivity index (χ1) is 15.5. The van der Waals surface area contributed by atoms with Crippen LogP contribution < -0.4 is 15.4 Å². The van der Waals surface area contributed by atoms with Gasteiger partial charge in [0, 0.05) is 6.54 Å². The van der Waals surface area contributed by atoms with Gasteiger partial charge in [0.25, 0.3) is 5.91 Å². The maximum atomic E-state index is 12.5. The Bertz CT molecular complexity index is 1070. The summed E-state index contributed by atoms with van der Waals surface area (Å²) < 4.78 is 10.2. The monoisotopic (exact) mass is 432 g/mol. The van der Waals surface area contributed by atoms with Crippen LogP contribution in [0.4, 0.5) is 5.69 Å². The fourth-order valence-corrected chi connectivity index (χ4v) is 2.95. The molecule has 3 aromatic rings. The highest BCUT2D eigenvalue weighted by molar-refractivity contribution is 6.02. The minimum Gasteiger partial charge on any atom is -0.497 e. The lowest BCUT2D eigenvalue weighted by molar-refractivity contribution is -0.124. The molecule has 0 fully saturated rings. The SMILES string of the molecule is COc1ccc(CNC(=O)COC(=O)c2ccccc2NC(=O)Cc2ccccc2)cc1. The molecule has 32 heavy (non-hydrogen) atoms. The van der Waals surface area contributed by atoms with Crippen LogP contribution in [0, 0.1) is 0 Å². The van der Waals surface area contributed by atoms with Gasteiger partial charge in [-0.1, -0.05) is 54.6 Å². The first kappa shape index (κ1) is 22.6. The number of carbonyl (C=O) groups excluding carboxylic acids is 3. The van der Waals surface area contributed by atoms with Gasteiger partial charge in [-0.3, -0.25) is 9.59 Å². The van der Waals surface area contributed by atoms with Gasteiger partial charge in [-0.05, 0) is 35.4 Å². The summed E-state index contributed by atoms with van der Waals surface area (Å²) in [6.45, 7) is -0.131. The molecule has 0 atom stereocenters. The van der Waals surface area contributed by atoms with Gasteiger partial charge < -0.3 is 20.1 Å². The number of methoxy groups -OCH3 is 1. The Labute approximate surface area is 186 Å². The van der Waals surface area contributed by atoms with Gasteiger partial charge in [-0.15, -0.1) is 0 Å². The van der Waals surface area contributed by atoms with Crippen LogP contribution in [0.2, 0.25) is 0 Å². The zero-order chi connectivity index (χ0) is 22.8. The molecule has 2 N–H and O–H groups in total. The fraction of sp³-hybridized carbons (Fsp3) is 0.160. The molecule has 0 aliphatic carbocycles. The number of nitrogens with one attached hydrogen (secondary N) is 2. The van der Waals surface area contributed by atoms with Crippen LogP contribution in [-0.2, 0) is 27.3 Å². The third-order valence-electron chi connectivity index (χ3n) is 4.61. The number of esters is 1. The van der Waals surface area contributed by atoms with E-state index in [4.69, 9.17) is 9.47 Å². The average molecular weight is 432 g/mol. The van der Waals surface area contributed by atoms with Gasteiger partial charge in [0.1, 0.15) is 5.75 Å². The molecule has 164 valence electrons. The van der Waals surface area contributed by atoms with Gasteiger partial charge in [0.15, 0.2) is 6.61 Å². The number of rotatable bonds is 9. The van der Waals surface area contributed by atoms with Crippen LogP contribution in [-0.4, -0.2) is 31.5 Å². The first-order valence-corrected chi connectivity index (χ1v) is 10.0. The Balaban J connectivity index is 1.51. The quantitative estimate of drug-likeness (QED) is 0.506. The number of anilines is 1. The van der Waals surface area contributed by atoms with Crippen molar-refractivity contribution in [2.24, 2.45) is 0 Å².